The van der Waals surface area contributed by atoms with Crippen LogP contribution in [0.1, 0.15) is 17.0 Å². The number of phenols is 1. The molecule has 2 aromatic rings. The maximum atomic E-state index is 9.36. The molecule has 0 saturated carbocycles. The lowest BCUT2D eigenvalue weighted by atomic mass is 9.92. The van der Waals surface area contributed by atoms with Gasteiger partial charge in [-0.1, -0.05) is 59.1 Å². The average molecular weight is 332 g/mol. The Balaban J connectivity index is 2.44. The molecule has 1 N–H and O–H groups in total. The van der Waals surface area contributed by atoms with E-state index in [9.17, 15) is 5.11 Å². The van der Waals surface area contributed by atoms with Gasteiger partial charge in [0.2, 0.25) is 3.79 Å². The highest BCUT2D eigenvalue weighted by Crippen LogP contribution is 2.46. The van der Waals surface area contributed by atoms with Crippen LogP contribution >= 0.6 is 34.8 Å². The zero-order valence-electron chi connectivity index (χ0n) is 10.7. The van der Waals surface area contributed by atoms with Crippen LogP contribution in [-0.2, 0) is 0 Å². The van der Waals surface area contributed by atoms with E-state index < -0.39 is 9.71 Å². The second kappa shape index (κ2) is 6.13. The van der Waals surface area contributed by atoms with Gasteiger partial charge in [0, 0.05) is 0 Å². The van der Waals surface area contributed by atoms with E-state index >= 15 is 0 Å². The summed E-state index contributed by atoms with van der Waals surface area (Å²) in [5.41, 5.74) is 1.67. The van der Waals surface area contributed by atoms with Crippen molar-refractivity contribution in [1.29, 1.82) is 0 Å². The van der Waals surface area contributed by atoms with E-state index in [1.807, 2.05) is 24.3 Å². The van der Waals surface area contributed by atoms with Gasteiger partial charge < -0.3 is 9.84 Å². The van der Waals surface area contributed by atoms with Crippen molar-refractivity contribution in [3.05, 3.63) is 59.7 Å². The molecule has 0 saturated heterocycles. The molecule has 0 bridgehead atoms. The number of halogens is 3. The third kappa shape index (κ3) is 3.51. The van der Waals surface area contributed by atoms with Gasteiger partial charge in [-0.15, -0.1) is 0 Å². The maximum absolute atomic E-state index is 9.36. The van der Waals surface area contributed by atoms with Crippen LogP contribution in [0.4, 0.5) is 0 Å². The summed E-state index contributed by atoms with van der Waals surface area (Å²) >= 11 is 18.4. The number of aromatic hydroxyl groups is 1. The molecule has 0 aromatic heterocycles. The minimum absolute atomic E-state index is 0.173. The molecule has 2 aromatic carbocycles. The van der Waals surface area contributed by atoms with Crippen LogP contribution in [0.2, 0.25) is 0 Å². The number of alkyl halides is 3. The first-order valence-corrected chi connectivity index (χ1v) is 7.05. The lowest BCUT2D eigenvalue weighted by Gasteiger charge is -2.25. The molecule has 0 aliphatic rings. The van der Waals surface area contributed by atoms with Gasteiger partial charge in [-0.05, 0) is 35.4 Å². The third-order valence-electron chi connectivity index (χ3n) is 3.00. The normalized spacial score (nSPS) is 13.0. The Kier molecular flexibility index (Phi) is 4.69. The Labute approximate surface area is 132 Å². The Hall–Kier alpha value is -1.09. The maximum Gasteiger partial charge on any atom is 0.201 e. The van der Waals surface area contributed by atoms with Crippen LogP contribution in [0.15, 0.2) is 48.5 Å². The van der Waals surface area contributed by atoms with E-state index in [0.717, 1.165) is 16.9 Å². The fourth-order valence-electron chi connectivity index (χ4n) is 2.03. The molecule has 20 heavy (non-hydrogen) atoms. The molecule has 0 amide bonds. The summed E-state index contributed by atoms with van der Waals surface area (Å²) in [6, 6.07) is 14.0. The number of benzene rings is 2. The fourth-order valence-corrected chi connectivity index (χ4v) is 2.79. The Bertz CT molecular complexity index is 559. The van der Waals surface area contributed by atoms with Gasteiger partial charge in [0.15, 0.2) is 0 Å². The van der Waals surface area contributed by atoms with Crippen LogP contribution in [0.3, 0.4) is 0 Å². The molecule has 106 valence electrons. The van der Waals surface area contributed by atoms with Crippen LogP contribution < -0.4 is 4.74 Å². The van der Waals surface area contributed by atoms with E-state index in [4.69, 9.17) is 39.5 Å². The van der Waals surface area contributed by atoms with E-state index in [0.29, 0.717) is 0 Å². The summed E-state index contributed by atoms with van der Waals surface area (Å²) in [7, 11) is 1.60. The van der Waals surface area contributed by atoms with Gasteiger partial charge in [-0.25, -0.2) is 0 Å². The molecule has 2 nitrogen and oxygen atoms in total. The Morgan fingerprint density at radius 2 is 1.35 bits per heavy atom. The van der Waals surface area contributed by atoms with E-state index in [1.54, 1.807) is 31.4 Å². The van der Waals surface area contributed by atoms with Crippen molar-refractivity contribution >= 4 is 34.8 Å². The standard InChI is InChI=1S/C15H13Cl3O2/c1-20-13-8-4-11(5-9-13)14(15(16,17)18)10-2-6-12(19)7-3-10/h2-9,14,19H,1H3. The molecular weight excluding hydrogens is 319 g/mol. The van der Waals surface area contributed by atoms with Gasteiger partial charge in [0.25, 0.3) is 0 Å². The van der Waals surface area contributed by atoms with E-state index in [2.05, 4.69) is 0 Å². The van der Waals surface area contributed by atoms with Crippen LogP contribution in [0, 0.1) is 0 Å². The molecule has 1 unspecified atom stereocenters. The smallest absolute Gasteiger partial charge is 0.201 e. The summed E-state index contributed by atoms with van der Waals surface area (Å²) in [5, 5.41) is 9.36. The minimum Gasteiger partial charge on any atom is -0.508 e. The number of phenolic OH excluding ortho intramolecular Hbond substituents is 1. The van der Waals surface area contributed by atoms with Crippen molar-refractivity contribution < 1.29 is 9.84 Å². The van der Waals surface area contributed by atoms with Crippen molar-refractivity contribution in [2.45, 2.75) is 9.71 Å². The number of methoxy groups -OCH3 is 1. The zero-order valence-corrected chi connectivity index (χ0v) is 13.0. The minimum atomic E-state index is -1.49. The van der Waals surface area contributed by atoms with Crippen molar-refractivity contribution in [3.63, 3.8) is 0 Å². The van der Waals surface area contributed by atoms with Gasteiger partial charge in [-0.3, -0.25) is 0 Å². The van der Waals surface area contributed by atoms with E-state index in [1.165, 1.54) is 0 Å². The molecule has 5 heteroatoms. The van der Waals surface area contributed by atoms with Crippen LogP contribution in [0.25, 0.3) is 0 Å². The highest BCUT2D eigenvalue weighted by molar-refractivity contribution is 6.68. The predicted molar refractivity (Wildman–Crippen MR) is 83.2 cm³/mol. The number of hydrogen-bond acceptors (Lipinski definition) is 2. The molecule has 0 aliphatic carbocycles. The SMILES string of the molecule is COc1ccc(C(c2ccc(O)cc2)C(Cl)(Cl)Cl)cc1. The largest absolute Gasteiger partial charge is 0.508 e. The molecule has 2 rings (SSSR count). The van der Waals surface area contributed by atoms with Gasteiger partial charge in [0.1, 0.15) is 11.5 Å². The summed E-state index contributed by atoms with van der Waals surface area (Å²) in [5.74, 6) is 0.480. The topological polar surface area (TPSA) is 29.5 Å². The second-order valence-corrected chi connectivity index (χ2v) is 6.71. The molecule has 0 aliphatic heterocycles. The molecule has 0 fully saturated rings. The highest BCUT2D eigenvalue weighted by atomic mass is 35.6. The summed E-state index contributed by atoms with van der Waals surface area (Å²) in [6.45, 7) is 0. The number of hydrogen-bond donors (Lipinski definition) is 1. The van der Waals surface area contributed by atoms with Gasteiger partial charge in [-0.2, -0.15) is 0 Å². The number of ether oxygens (including phenoxy) is 1. The van der Waals surface area contributed by atoms with Crippen LogP contribution in [0.5, 0.6) is 11.5 Å². The molecular formula is C15H13Cl3O2. The Morgan fingerprint density at radius 1 is 0.900 bits per heavy atom. The molecule has 0 spiro atoms. The first-order valence-electron chi connectivity index (χ1n) is 5.91. The predicted octanol–water partition coefficient (Wildman–Crippen LogP) is 4.90. The van der Waals surface area contributed by atoms with E-state index in [-0.39, 0.29) is 5.75 Å². The molecule has 0 radical (unpaired) electrons. The monoisotopic (exact) mass is 330 g/mol. The third-order valence-corrected chi connectivity index (χ3v) is 3.66. The first kappa shape index (κ1) is 15.3. The van der Waals surface area contributed by atoms with Gasteiger partial charge >= 0.3 is 0 Å². The fraction of sp³-hybridized carbons (Fsp3) is 0.200. The average Bonchev–Trinajstić information content (AvgIpc) is 2.41. The highest BCUT2D eigenvalue weighted by Gasteiger charge is 2.35. The van der Waals surface area contributed by atoms with Crippen molar-refractivity contribution in [1.82, 2.24) is 0 Å². The lowest BCUT2D eigenvalue weighted by Crippen LogP contribution is -2.18. The molecule has 1 atom stereocenters. The quantitative estimate of drug-likeness (QED) is 0.810. The first-order chi connectivity index (χ1) is 9.41. The second-order valence-electron chi connectivity index (χ2n) is 4.34. The van der Waals surface area contributed by atoms with Crippen molar-refractivity contribution in [2.75, 3.05) is 7.11 Å². The van der Waals surface area contributed by atoms with Crippen LogP contribution in [-0.4, -0.2) is 16.0 Å². The van der Waals surface area contributed by atoms with Crippen molar-refractivity contribution in [2.24, 2.45) is 0 Å². The summed E-state index contributed by atoms with van der Waals surface area (Å²) in [6.07, 6.45) is 0. The van der Waals surface area contributed by atoms with Gasteiger partial charge in [0.05, 0.1) is 13.0 Å². The zero-order chi connectivity index (χ0) is 14.8. The molecule has 0 heterocycles. The summed E-state index contributed by atoms with van der Waals surface area (Å²) in [4.78, 5) is 0. The number of rotatable bonds is 3. The lowest BCUT2D eigenvalue weighted by molar-refractivity contribution is 0.414. The summed E-state index contributed by atoms with van der Waals surface area (Å²) < 4.78 is 3.63. The Morgan fingerprint density at radius 3 is 1.75 bits per heavy atom. The van der Waals surface area contributed by atoms with Crippen molar-refractivity contribution in [3.8, 4) is 11.5 Å².